The summed E-state index contributed by atoms with van der Waals surface area (Å²) >= 11 is 0. The smallest absolute Gasteiger partial charge is 0.218 e. The maximum atomic E-state index is 10.1. The number of nitrogens with zero attached hydrogens (tertiary/aromatic N) is 1. The molecule has 3 heteroatoms. The molecule has 2 rings (SSSR count). The summed E-state index contributed by atoms with van der Waals surface area (Å²) in [5.41, 5.74) is 1.26. The zero-order valence-electron chi connectivity index (χ0n) is 10.2. The van der Waals surface area contributed by atoms with Crippen molar-refractivity contribution in [2.45, 2.75) is 25.5 Å². The average molecular weight is 231 g/mol. The van der Waals surface area contributed by atoms with E-state index in [0.717, 1.165) is 5.56 Å². The Morgan fingerprint density at radius 1 is 1.41 bits per heavy atom. The summed E-state index contributed by atoms with van der Waals surface area (Å²) < 4.78 is 5.41. The van der Waals surface area contributed by atoms with Crippen molar-refractivity contribution in [1.29, 1.82) is 0 Å². The molecular formula is C14H17NO2. The van der Waals surface area contributed by atoms with Gasteiger partial charge in [0.25, 0.3) is 0 Å². The van der Waals surface area contributed by atoms with Crippen molar-refractivity contribution in [3.05, 3.63) is 42.5 Å². The van der Waals surface area contributed by atoms with Gasteiger partial charge in [-0.15, -0.1) is 0 Å². The minimum Gasteiger partial charge on any atom is -0.476 e. The molecule has 1 aromatic rings. The monoisotopic (exact) mass is 231 g/mol. The van der Waals surface area contributed by atoms with Gasteiger partial charge in [0.15, 0.2) is 6.10 Å². The molecule has 0 aliphatic carbocycles. The molecule has 1 aliphatic rings. The highest BCUT2D eigenvalue weighted by molar-refractivity contribution is 5.94. The fourth-order valence-corrected chi connectivity index (χ4v) is 1.71. The third kappa shape index (κ3) is 2.56. The number of ether oxygens (including phenoxy) is 1. The van der Waals surface area contributed by atoms with Crippen LogP contribution < -0.4 is 0 Å². The van der Waals surface area contributed by atoms with Crippen molar-refractivity contribution in [1.82, 2.24) is 0 Å². The van der Waals surface area contributed by atoms with E-state index in [1.165, 1.54) is 0 Å². The second-order valence-corrected chi connectivity index (χ2v) is 4.84. The summed E-state index contributed by atoms with van der Waals surface area (Å²) in [6, 6.07) is 9.57. The van der Waals surface area contributed by atoms with E-state index in [0.29, 0.717) is 18.1 Å². The molecule has 0 amide bonds. The Bertz CT molecular complexity index is 449. The molecule has 90 valence electrons. The van der Waals surface area contributed by atoms with Gasteiger partial charge < -0.3 is 9.84 Å². The van der Waals surface area contributed by atoms with Crippen LogP contribution in [0.25, 0.3) is 5.57 Å². The Kier molecular flexibility index (Phi) is 3.03. The van der Waals surface area contributed by atoms with Crippen LogP contribution in [0.4, 0.5) is 0 Å². The summed E-state index contributed by atoms with van der Waals surface area (Å²) in [5.74, 6) is 0.365. The van der Waals surface area contributed by atoms with E-state index in [9.17, 15) is 5.11 Å². The molecule has 0 radical (unpaired) electrons. The van der Waals surface area contributed by atoms with Gasteiger partial charge >= 0.3 is 0 Å². The van der Waals surface area contributed by atoms with Crippen LogP contribution in [-0.2, 0) is 4.74 Å². The maximum Gasteiger partial charge on any atom is 0.218 e. The predicted molar refractivity (Wildman–Crippen MR) is 68.9 cm³/mol. The van der Waals surface area contributed by atoms with Crippen LogP contribution in [0, 0.1) is 0 Å². The molecule has 3 nitrogen and oxygen atoms in total. The lowest BCUT2D eigenvalue weighted by atomic mass is 10.0. The van der Waals surface area contributed by atoms with Crippen molar-refractivity contribution < 1.29 is 9.84 Å². The van der Waals surface area contributed by atoms with Crippen LogP contribution in [0.15, 0.2) is 41.9 Å². The van der Waals surface area contributed by atoms with Gasteiger partial charge in [-0.1, -0.05) is 36.9 Å². The van der Waals surface area contributed by atoms with Crippen LogP contribution in [0.5, 0.6) is 0 Å². The maximum absolute atomic E-state index is 10.1. The molecule has 1 heterocycles. The van der Waals surface area contributed by atoms with E-state index in [1.54, 1.807) is 0 Å². The normalized spacial score (nSPS) is 19.4. The molecular weight excluding hydrogens is 214 g/mol. The fourth-order valence-electron chi connectivity index (χ4n) is 1.71. The van der Waals surface area contributed by atoms with E-state index in [4.69, 9.17) is 4.74 Å². The van der Waals surface area contributed by atoms with Gasteiger partial charge in [0.2, 0.25) is 5.90 Å². The summed E-state index contributed by atoms with van der Waals surface area (Å²) in [4.78, 5) is 4.35. The lowest BCUT2D eigenvalue weighted by molar-refractivity contribution is 0.224. The predicted octanol–water partition coefficient (Wildman–Crippen LogP) is 2.27. The van der Waals surface area contributed by atoms with Crippen molar-refractivity contribution in [3.63, 3.8) is 0 Å². The molecule has 0 aromatic heterocycles. The number of hydrogen-bond donors (Lipinski definition) is 1. The van der Waals surface area contributed by atoms with Crippen LogP contribution in [0.1, 0.15) is 19.4 Å². The first-order valence-electron chi connectivity index (χ1n) is 5.64. The van der Waals surface area contributed by atoms with Crippen molar-refractivity contribution >= 4 is 11.5 Å². The van der Waals surface area contributed by atoms with Gasteiger partial charge in [-0.05, 0) is 25.0 Å². The molecule has 1 N–H and O–H groups in total. The molecule has 0 bridgehead atoms. The SMILES string of the molecule is C=C(c1ccccc1)C(O)C1=NC(C)(C)CO1. The van der Waals surface area contributed by atoms with Crippen molar-refractivity contribution in [2.24, 2.45) is 4.99 Å². The highest BCUT2D eigenvalue weighted by Crippen LogP contribution is 2.24. The van der Waals surface area contributed by atoms with Gasteiger partial charge in [0.05, 0.1) is 5.54 Å². The number of aliphatic hydroxyl groups excluding tert-OH is 1. The molecule has 0 saturated heterocycles. The molecule has 0 spiro atoms. The fraction of sp³-hybridized carbons (Fsp3) is 0.357. The topological polar surface area (TPSA) is 41.8 Å². The number of aliphatic hydroxyl groups is 1. The van der Waals surface area contributed by atoms with E-state index in [1.807, 2.05) is 44.2 Å². The van der Waals surface area contributed by atoms with Gasteiger partial charge in [0, 0.05) is 0 Å². The van der Waals surface area contributed by atoms with Gasteiger partial charge in [-0.2, -0.15) is 0 Å². The van der Waals surface area contributed by atoms with Crippen LogP contribution in [-0.4, -0.2) is 29.3 Å². The largest absolute Gasteiger partial charge is 0.476 e. The van der Waals surface area contributed by atoms with Crippen molar-refractivity contribution in [2.75, 3.05) is 6.61 Å². The van der Waals surface area contributed by atoms with Crippen LogP contribution >= 0.6 is 0 Å². The number of benzene rings is 1. The standard InChI is InChI=1S/C14H17NO2/c1-10(11-7-5-4-6-8-11)12(16)13-15-14(2,3)9-17-13/h4-8,12,16H,1,9H2,2-3H3. The highest BCUT2D eigenvalue weighted by atomic mass is 16.5. The van der Waals surface area contributed by atoms with E-state index in [-0.39, 0.29) is 5.54 Å². The van der Waals surface area contributed by atoms with Crippen LogP contribution in [0.3, 0.4) is 0 Å². The number of aliphatic imine (C=N–C) groups is 1. The van der Waals surface area contributed by atoms with Gasteiger partial charge in [0.1, 0.15) is 6.61 Å². The summed E-state index contributed by atoms with van der Waals surface area (Å²) in [5, 5.41) is 10.1. The lowest BCUT2D eigenvalue weighted by Crippen LogP contribution is -2.21. The summed E-state index contributed by atoms with van der Waals surface area (Å²) in [6.45, 7) is 8.35. The van der Waals surface area contributed by atoms with Gasteiger partial charge in [-0.25, -0.2) is 4.99 Å². The van der Waals surface area contributed by atoms with Crippen LogP contribution in [0.2, 0.25) is 0 Å². The Morgan fingerprint density at radius 2 is 2.06 bits per heavy atom. The van der Waals surface area contributed by atoms with Gasteiger partial charge in [-0.3, -0.25) is 0 Å². The average Bonchev–Trinajstić information content (AvgIpc) is 2.69. The first kappa shape index (κ1) is 11.9. The molecule has 1 aromatic carbocycles. The summed E-state index contributed by atoms with van der Waals surface area (Å²) in [7, 11) is 0. The first-order chi connectivity index (χ1) is 7.99. The van der Waals surface area contributed by atoms with E-state index in [2.05, 4.69) is 11.6 Å². The Balaban J connectivity index is 2.17. The Labute approximate surface area is 101 Å². The van der Waals surface area contributed by atoms with Crippen molar-refractivity contribution in [3.8, 4) is 0 Å². The zero-order chi connectivity index (χ0) is 12.5. The quantitative estimate of drug-likeness (QED) is 0.867. The highest BCUT2D eigenvalue weighted by Gasteiger charge is 2.31. The lowest BCUT2D eigenvalue weighted by Gasteiger charge is -2.13. The molecule has 0 saturated carbocycles. The minimum atomic E-state index is -0.862. The Hall–Kier alpha value is -1.61. The van der Waals surface area contributed by atoms with E-state index >= 15 is 0 Å². The molecule has 1 aliphatic heterocycles. The third-order valence-electron chi connectivity index (χ3n) is 2.69. The second kappa shape index (κ2) is 4.34. The third-order valence-corrected chi connectivity index (χ3v) is 2.69. The zero-order valence-corrected chi connectivity index (χ0v) is 10.2. The second-order valence-electron chi connectivity index (χ2n) is 4.84. The first-order valence-corrected chi connectivity index (χ1v) is 5.64. The molecule has 0 fully saturated rings. The molecule has 1 unspecified atom stereocenters. The molecule has 1 atom stereocenters. The summed E-state index contributed by atoms with van der Waals surface area (Å²) in [6.07, 6.45) is -0.862. The number of hydrogen-bond acceptors (Lipinski definition) is 3. The minimum absolute atomic E-state index is 0.257. The number of rotatable bonds is 3. The Morgan fingerprint density at radius 3 is 2.59 bits per heavy atom. The molecule has 17 heavy (non-hydrogen) atoms. The van der Waals surface area contributed by atoms with E-state index < -0.39 is 6.10 Å².